The molecule has 6 nitrogen and oxygen atoms in total. The van der Waals surface area contributed by atoms with Crippen LogP contribution in [0.5, 0.6) is 0 Å². The molecule has 0 amide bonds. The Labute approximate surface area is 108 Å². The summed E-state index contributed by atoms with van der Waals surface area (Å²) in [7, 11) is 0. The van der Waals surface area contributed by atoms with Gasteiger partial charge in [-0.05, 0) is 6.07 Å². The Bertz CT molecular complexity index is 530. The molecule has 0 aromatic carbocycles. The first-order chi connectivity index (χ1) is 8.68. The van der Waals surface area contributed by atoms with Crippen LogP contribution >= 0.6 is 11.3 Å². The van der Waals surface area contributed by atoms with Gasteiger partial charge in [0, 0.05) is 30.2 Å². The molecule has 2 heterocycles. The maximum absolute atomic E-state index is 10.8. The van der Waals surface area contributed by atoms with Gasteiger partial charge in [0.25, 0.3) is 0 Å². The Balaban J connectivity index is 2.04. The summed E-state index contributed by atoms with van der Waals surface area (Å²) in [5, 5.41) is 16.8. The normalized spacial score (nSPS) is 12.1. The fraction of sp³-hybridized carbons (Fsp3) is 0.273. The first-order valence-electron chi connectivity index (χ1n) is 5.40. The van der Waals surface area contributed by atoms with Crippen LogP contribution in [0.1, 0.15) is 17.8 Å². The second kappa shape index (κ2) is 5.54. The smallest absolute Gasteiger partial charge is 0.310 e. The highest BCUT2D eigenvalue weighted by molar-refractivity contribution is 7.09. The predicted octanol–water partition coefficient (Wildman–Crippen LogP) is 2.66. The van der Waals surface area contributed by atoms with Crippen molar-refractivity contribution in [3.8, 4) is 0 Å². The van der Waals surface area contributed by atoms with Crippen molar-refractivity contribution in [3.05, 3.63) is 45.2 Å². The third kappa shape index (κ3) is 2.80. The van der Waals surface area contributed by atoms with E-state index in [-0.39, 0.29) is 11.6 Å². The summed E-state index contributed by atoms with van der Waals surface area (Å²) in [6.07, 6.45) is 4.53. The summed E-state index contributed by atoms with van der Waals surface area (Å²) >= 11 is 1.58. The van der Waals surface area contributed by atoms with Gasteiger partial charge in [-0.1, -0.05) is 6.92 Å². The van der Waals surface area contributed by atoms with Crippen LogP contribution < -0.4 is 5.32 Å². The van der Waals surface area contributed by atoms with Gasteiger partial charge in [0.1, 0.15) is 11.9 Å². The second-order valence-electron chi connectivity index (χ2n) is 3.80. The summed E-state index contributed by atoms with van der Waals surface area (Å²) in [6.45, 7) is 2.62. The van der Waals surface area contributed by atoms with Crippen molar-refractivity contribution in [3.63, 3.8) is 0 Å². The Kier molecular flexibility index (Phi) is 3.83. The van der Waals surface area contributed by atoms with Crippen LogP contribution in [-0.2, 0) is 0 Å². The van der Waals surface area contributed by atoms with E-state index < -0.39 is 4.92 Å². The second-order valence-corrected chi connectivity index (χ2v) is 4.73. The number of anilines is 1. The zero-order valence-electron chi connectivity index (χ0n) is 9.74. The van der Waals surface area contributed by atoms with Gasteiger partial charge in [0.05, 0.1) is 9.93 Å². The monoisotopic (exact) mass is 264 g/mol. The molecule has 0 saturated heterocycles. The molecule has 1 atom stereocenters. The summed E-state index contributed by atoms with van der Waals surface area (Å²) in [5.41, 5.74) is 0.474. The van der Waals surface area contributed by atoms with E-state index in [1.165, 1.54) is 12.4 Å². The van der Waals surface area contributed by atoms with Crippen LogP contribution in [0, 0.1) is 10.1 Å². The van der Waals surface area contributed by atoms with Gasteiger partial charge in [0.2, 0.25) is 0 Å². The molecule has 0 aliphatic rings. The first-order valence-corrected chi connectivity index (χ1v) is 6.28. The first kappa shape index (κ1) is 12.4. The van der Waals surface area contributed by atoms with Crippen molar-refractivity contribution >= 4 is 22.7 Å². The molecule has 2 aromatic heterocycles. The highest BCUT2D eigenvalue weighted by Crippen LogP contribution is 2.24. The number of thiazole rings is 1. The molecule has 2 aromatic rings. The van der Waals surface area contributed by atoms with Gasteiger partial charge in [-0.2, -0.15) is 0 Å². The fourth-order valence-electron chi connectivity index (χ4n) is 1.51. The number of rotatable bonds is 5. The van der Waals surface area contributed by atoms with Crippen LogP contribution in [0.25, 0.3) is 0 Å². The molecule has 2 rings (SSSR count). The van der Waals surface area contributed by atoms with Crippen LogP contribution in [0.3, 0.4) is 0 Å². The number of pyridine rings is 1. The molecule has 0 aliphatic heterocycles. The van der Waals surface area contributed by atoms with E-state index in [0.717, 1.165) is 5.01 Å². The zero-order valence-corrected chi connectivity index (χ0v) is 10.6. The molecule has 0 fully saturated rings. The number of aromatic nitrogens is 2. The molecular weight excluding hydrogens is 252 g/mol. The highest BCUT2D eigenvalue weighted by atomic mass is 32.1. The lowest BCUT2D eigenvalue weighted by Crippen LogP contribution is -2.10. The van der Waals surface area contributed by atoms with E-state index in [1.807, 2.05) is 12.3 Å². The molecular formula is C11H12N4O2S. The van der Waals surface area contributed by atoms with Crippen molar-refractivity contribution in [2.45, 2.75) is 12.8 Å². The number of nitro groups is 1. The van der Waals surface area contributed by atoms with E-state index in [1.54, 1.807) is 23.6 Å². The topological polar surface area (TPSA) is 81.0 Å². The standard InChI is InChI=1S/C11H12N4O2S/c1-8(11-13-4-5-18-11)6-14-9-2-3-12-7-10(9)15(16)17/h2-5,7-8H,6H2,1H3,(H,12,14). The van der Waals surface area contributed by atoms with Crippen molar-refractivity contribution in [1.29, 1.82) is 0 Å². The minimum absolute atomic E-state index is 0.0103. The Morgan fingerprint density at radius 2 is 2.39 bits per heavy atom. The van der Waals surface area contributed by atoms with E-state index >= 15 is 0 Å². The quantitative estimate of drug-likeness (QED) is 0.663. The van der Waals surface area contributed by atoms with E-state index in [0.29, 0.717) is 12.2 Å². The number of nitrogens with one attached hydrogen (secondary N) is 1. The molecule has 0 spiro atoms. The fourth-order valence-corrected chi connectivity index (χ4v) is 2.21. The molecule has 7 heteroatoms. The highest BCUT2D eigenvalue weighted by Gasteiger charge is 2.14. The maximum atomic E-state index is 10.8. The summed E-state index contributed by atoms with van der Waals surface area (Å²) < 4.78 is 0. The molecule has 0 bridgehead atoms. The van der Waals surface area contributed by atoms with Gasteiger partial charge >= 0.3 is 5.69 Å². The van der Waals surface area contributed by atoms with Gasteiger partial charge in [-0.25, -0.2) is 4.98 Å². The lowest BCUT2D eigenvalue weighted by molar-refractivity contribution is -0.384. The number of hydrogen-bond acceptors (Lipinski definition) is 6. The van der Waals surface area contributed by atoms with Crippen molar-refractivity contribution in [2.24, 2.45) is 0 Å². The molecule has 1 N–H and O–H groups in total. The Morgan fingerprint density at radius 1 is 1.56 bits per heavy atom. The molecule has 1 unspecified atom stereocenters. The maximum Gasteiger partial charge on any atom is 0.310 e. The molecule has 0 aliphatic carbocycles. The Morgan fingerprint density at radius 3 is 3.06 bits per heavy atom. The van der Waals surface area contributed by atoms with Crippen molar-refractivity contribution in [1.82, 2.24) is 9.97 Å². The van der Waals surface area contributed by atoms with Crippen molar-refractivity contribution < 1.29 is 4.92 Å². The van der Waals surface area contributed by atoms with Crippen LogP contribution in [0.2, 0.25) is 0 Å². The third-order valence-electron chi connectivity index (χ3n) is 2.47. The zero-order chi connectivity index (χ0) is 13.0. The minimum Gasteiger partial charge on any atom is -0.379 e. The molecule has 18 heavy (non-hydrogen) atoms. The molecule has 0 radical (unpaired) electrons. The lowest BCUT2D eigenvalue weighted by Gasteiger charge is -2.10. The van der Waals surface area contributed by atoms with Crippen LogP contribution in [-0.4, -0.2) is 21.4 Å². The van der Waals surface area contributed by atoms with Gasteiger partial charge in [-0.3, -0.25) is 15.1 Å². The van der Waals surface area contributed by atoms with Gasteiger partial charge in [-0.15, -0.1) is 11.3 Å². The van der Waals surface area contributed by atoms with Gasteiger partial charge in [0.15, 0.2) is 0 Å². The summed E-state index contributed by atoms with van der Waals surface area (Å²) in [4.78, 5) is 18.3. The van der Waals surface area contributed by atoms with Gasteiger partial charge < -0.3 is 5.32 Å². The largest absolute Gasteiger partial charge is 0.379 e. The number of hydrogen-bond donors (Lipinski definition) is 1. The number of nitrogens with zero attached hydrogens (tertiary/aromatic N) is 3. The lowest BCUT2D eigenvalue weighted by atomic mass is 10.2. The molecule has 94 valence electrons. The van der Waals surface area contributed by atoms with Crippen molar-refractivity contribution in [2.75, 3.05) is 11.9 Å². The average Bonchev–Trinajstić information content (AvgIpc) is 2.90. The van der Waals surface area contributed by atoms with E-state index in [2.05, 4.69) is 15.3 Å². The van der Waals surface area contributed by atoms with Crippen LogP contribution in [0.4, 0.5) is 11.4 Å². The van der Waals surface area contributed by atoms with E-state index in [4.69, 9.17) is 0 Å². The summed E-state index contributed by atoms with van der Waals surface area (Å²) in [5.74, 6) is 0.206. The minimum atomic E-state index is -0.441. The summed E-state index contributed by atoms with van der Waals surface area (Å²) in [6, 6.07) is 1.60. The average molecular weight is 264 g/mol. The SMILES string of the molecule is CC(CNc1ccncc1[N+](=O)[O-])c1nccs1. The van der Waals surface area contributed by atoms with Crippen LogP contribution in [0.15, 0.2) is 30.0 Å². The van der Waals surface area contributed by atoms with E-state index in [9.17, 15) is 10.1 Å². The Hall–Kier alpha value is -2.02. The third-order valence-corrected chi connectivity index (χ3v) is 3.48. The molecule has 0 saturated carbocycles. The predicted molar refractivity (Wildman–Crippen MR) is 69.9 cm³/mol.